The molecule has 1 atom stereocenters. The Kier molecular flexibility index (Phi) is 4.31. The van der Waals surface area contributed by atoms with E-state index in [4.69, 9.17) is 14.2 Å². The van der Waals surface area contributed by atoms with E-state index in [-0.39, 0.29) is 6.10 Å². The monoisotopic (exact) mass is 251 g/mol. The average molecular weight is 251 g/mol. The van der Waals surface area contributed by atoms with Gasteiger partial charge in [-0.25, -0.2) is 0 Å². The minimum absolute atomic E-state index is 0.129. The largest absolute Gasteiger partial charge is 0.489 e. The zero-order chi connectivity index (χ0) is 13.0. The molecule has 1 aliphatic rings. The van der Waals surface area contributed by atoms with Crippen LogP contribution in [0.25, 0.3) is 0 Å². The van der Waals surface area contributed by atoms with Gasteiger partial charge in [-0.05, 0) is 31.5 Å². The normalized spacial score (nSPS) is 14.9. The molecule has 1 aromatic rings. The first-order valence-corrected chi connectivity index (χ1v) is 6.42. The van der Waals surface area contributed by atoms with Crippen molar-refractivity contribution < 1.29 is 14.2 Å². The first-order valence-electron chi connectivity index (χ1n) is 6.42. The number of fused-ring (bicyclic) bond motifs is 1. The van der Waals surface area contributed by atoms with Crippen molar-refractivity contribution in [2.75, 3.05) is 19.9 Å². The van der Waals surface area contributed by atoms with Gasteiger partial charge in [-0.2, -0.15) is 0 Å². The van der Waals surface area contributed by atoms with Crippen LogP contribution in [-0.4, -0.2) is 26.0 Å². The van der Waals surface area contributed by atoms with Crippen molar-refractivity contribution in [1.29, 1.82) is 0 Å². The van der Waals surface area contributed by atoms with Crippen LogP contribution in [0.5, 0.6) is 17.2 Å². The van der Waals surface area contributed by atoms with Crippen LogP contribution in [0.15, 0.2) is 18.2 Å². The van der Waals surface area contributed by atoms with Crippen LogP contribution in [-0.2, 0) is 0 Å². The highest BCUT2D eigenvalue weighted by Gasteiger charge is 2.14. The van der Waals surface area contributed by atoms with E-state index in [1.54, 1.807) is 0 Å². The molecule has 1 N–H and O–H groups in total. The first kappa shape index (κ1) is 13.0. The predicted octanol–water partition coefficient (Wildman–Crippen LogP) is 2.43. The van der Waals surface area contributed by atoms with Crippen molar-refractivity contribution in [3.63, 3.8) is 0 Å². The quantitative estimate of drug-likeness (QED) is 0.843. The Morgan fingerprint density at radius 2 is 1.94 bits per heavy atom. The number of nitrogens with one attached hydrogen (secondary N) is 1. The van der Waals surface area contributed by atoms with E-state index in [9.17, 15) is 0 Å². The third kappa shape index (κ3) is 3.53. The van der Waals surface area contributed by atoms with Crippen LogP contribution in [0, 0.1) is 5.92 Å². The Morgan fingerprint density at radius 1 is 1.17 bits per heavy atom. The molecule has 0 spiro atoms. The zero-order valence-corrected chi connectivity index (χ0v) is 11.2. The molecular formula is C14H21NO3. The standard InChI is InChI=1S/C14H21NO3/c1-10(2)7-15-8-11(3)18-12-4-5-13-14(6-12)17-9-16-13/h4-6,10-11,15H,7-9H2,1-3H3. The highest BCUT2D eigenvalue weighted by atomic mass is 16.7. The van der Waals surface area contributed by atoms with Crippen molar-refractivity contribution in [3.8, 4) is 17.2 Å². The smallest absolute Gasteiger partial charge is 0.231 e. The average Bonchev–Trinajstić information content (AvgIpc) is 2.75. The summed E-state index contributed by atoms with van der Waals surface area (Å²) in [4.78, 5) is 0. The van der Waals surface area contributed by atoms with E-state index >= 15 is 0 Å². The van der Waals surface area contributed by atoms with Crippen molar-refractivity contribution in [2.45, 2.75) is 26.9 Å². The lowest BCUT2D eigenvalue weighted by atomic mass is 10.2. The summed E-state index contributed by atoms with van der Waals surface area (Å²) in [7, 11) is 0. The van der Waals surface area contributed by atoms with Gasteiger partial charge in [-0.15, -0.1) is 0 Å². The molecule has 1 aliphatic heterocycles. The van der Waals surface area contributed by atoms with Gasteiger partial charge < -0.3 is 19.5 Å². The molecule has 0 bridgehead atoms. The second-order valence-electron chi connectivity index (χ2n) is 5.00. The molecule has 0 fully saturated rings. The molecular weight excluding hydrogens is 230 g/mol. The van der Waals surface area contributed by atoms with Crippen LogP contribution in [0.1, 0.15) is 20.8 Å². The lowest BCUT2D eigenvalue weighted by Crippen LogP contribution is -2.31. The fourth-order valence-corrected chi connectivity index (χ4v) is 1.80. The van der Waals surface area contributed by atoms with Crippen LogP contribution >= 0.6 is 0 Å². The van der Waals surface area contributed by atoms with E-state index in [1.807, 2.05) is 18.2 Å². The maximum atomic E-state index is 5.82. The van der Waals surface area contributed by atoms with Crippen molar-refractivity contribution >= 4 is 0 Å². The van der Waals surface area contributed by atoms with Gasteiger partial charge in [-0.1, -0.05) is 13.8 Å². The van der Waals surface area contributed by atoms with Gasteiger partial charge in [0.25, 0.3) is 0 Å². The lowest BCUT2D eigenvalue weighted by molar-refractivity contribution is 0.173. The molecule has 4 heteroatoms. The number of benzene rings is 1. The third-order valence-electron chi connectivity index (χ3n) is 2.67. The fraction of sp³-hybridized carbons (Fsp3) is 0.571. The summed E-state index contributed by atoms with van der Waals surface area (Å²) in [5.41, 5.74) is 0. The van der Waals surface area contributed by atoms with Gasteiger partial charge in [0.15, 0.2) is 11.5 Å². The van der Waals surface area contributed by atoms with Crippen molar-refractivity contribution in [3.05, 3.63) is 18.2 Å². The highest BCUT2D eigenvalue weighted by Crippen LogP contribution is 2.35. The predicted molar refractivity (Wildman–Crippen MR) is 70.4 cm³/mol. The van der Waals surface area contributed by atoms with Gasteiger partial charge in [0.2, 0.25) is 6.79 Å². The molecule has 0 aromatic heterocycles. The van der Waals surface area contributed by atoms with Crippen LogP contribution < -0.4 is 19.5 Å². The van der Waals surface area contributed by atoms with Crippen LogP contribution in [0.4, 0.5) is 0 Å². The second kappa shape index (κ2) is 5.96. The molecule has 100 valence electrons. The Morgan fingerprint density at radius 3 is 2.72 bits per heavy atom. The Bertz CT molecular complexity index is 393. The lowest BCUT2D eigenvalue weighted by Gasteiger charge is -2.16. The van der Waals surface area contributed by atoms with Crippen molar-refractivity contribution in [2.24, 2.45) is 5.92 Å². The minimum Gasteiger partial charge on any atom is -0.489 e. The molecule has 1 heterocycles. The summed E-state index contributed by atoms with van der Waals surface area (Å²) in [5, 5.41) is 3.38. The van der Waals surface area contributed by atoms with Gasteiger partial charge in [0.1, 0.15) is 11.9 Å². The highest BCUT2D eigenvalue weighted by molar-refractivity contribution is 5.46. The summed E-state index contributed by atoms with van der Waals surface area (Å²) >= 11 is 0. The molecule has 2 rings (SSSR count). The maximum Gasteiger partial charge on any atom is 0.231 e. The summed E-state index contributed by atoms with van der Waals surface area (Å²) < 4.78 is 16.4. The van der Waals surface area contributed by atoms with E-state index < -0.39 is 0 Å². The molecule has 4 nitrogen and oxygen atoms in total. The number of hydrogen-bond donors (Lipinski definition) is 1. The van der Waals surface area contributed by atoms with Crippen LogP contribution in [0.3, 0.4) is 0 Å². The van der Waals surface area contributed by atoms with Gasteiger partial charge in [-0.3, -0.25) is 0 Å². The number of ether oxygens (including phenoxy) is 3. The molecule has 18 heavy (non-hydrogen) atoms. The molecule has 0 amide bonds. The summed E-state index contributed by atoms with van der Waals surface area (Å²) in [5.74, 6) is 3.02. The van der Waals surface area contributed by atoms with Crippen molar-refractivity contribution in [1.82, 2.24) is 5.32 Å². The third-order valence-corrected chi connectivity index (χ3v) is 2.67. The molecule has 1 aromatic carbocycles. The zero-order valence-electron chi connectivity index (χ0n) is 11.2. The Labute approximate surface area is 108 Å². The van der Waals surface area contributed by atoms with E-state index in [0.717, 1.165) is 30.3 Å². The molecule has 0 saturated heterocycles. The minimum atomic E-state index is 0.129. The molecule has 0 saturated carbocycles. The number of rotatable bonds is 6. The first-order chi connectivity index (χ1) is 8.65. The van der Waals surface area contributed by atoms with E-state index in [0.29, 0.717) is 12.7 Å². The van der Waals surface area contributed by atoms with Gasteiger partial charge in [0, 0.05) is 12.6 Å². The summed E-state index contributed by atoms with van der Waals surface area (Å²) in [6, 6.07) is 5.67. The summed E-state index contributed by atoms with van der Waals surface area (Å²) in [6.07, 6.45) is 0.129. The van der Waals surface area contributed by atoms with E-state index in [1.165, 1.54) is 0 Å². The van der Waals surface area contributed by atoms with E-state index in [2.05, 4.69) is 26.1 Å². The Hall–Kier alpha value is -1.42. The van der Waals surface area contributed by atoms with Gasteiger partial charge >= 0.3 is 0 Å². The second-order valence-corrected chi connectivity index (χ2v) is 5.00. The topological polar surface area (TPSA) is 39.7 Å². The number of hydrogen-bond acceptors (Lipinski definition) is 4. The molecule has 1 unspecified atom stereocenters. The summed E-state index contributed by atoms with van der Waals surface area (Å²) in [6.45, 7) is 8.58. The maximum absolute atomic E-state index is 5.82. The molecule has 0 aliphatic carbocycles. The Balaban J connectivity index is 1.82. The fourth-order valence-electron chi connectivity index (χ4n) is 1.80. The molecule has 0 radical (unpaired) electrons. The SMILES string of the molecule is CC(C)CNCC(C)Oc1ccc2c(c1)OCO2. The van der Waals surface area contributed by atoms with Crippen LogP contribution in [0.2, 0.25) is 0 Å². The van der Waals surface area contributed by atoms with Gasteiger partial charge in [0.05, 0.1) is 0 Å².